The highest BCUT2D eigenvalue weighted by molar-refractivity contribution is 5.61. The number of nitriles is 1. The monoisotopic (exact) mass is 259 g/mol. The zero-order chi connectivity index (χ0) is 13.9. The molecule has 0 aromatic heterocycles. The van der Waals surface area contributed by atoms with Gasteiger partial charge in [0.15, 0.2) is 0 Å². The summed E-state index contributed by atoms with van der Waals surface area (Å²) in [6.07, 6.45) is 3.81. The van der Waals surface area contributed by atoms with E-state index in [0.29, 0.717) is 23.7 Å². The molecule has 0 radical (unpaired) electrons. The normalized spacial score (nSPS) is 26.7. The third kappa shape index (κ3) is 3.39. The number of nitrogens with one attached hydrogen (secondary N) is 1. The molecule has 4 N–H and O–H groups in total. The van der Waals surface area contributed by atoms with Crippen LogP contribution in [0.25, 0.3) is 0 Å². The van der Waals surface area contributed by atoms with E-state index in [1.807, 2.05) is 6.07 Å². The summed E-state index contributed by atoms with van der Waals surface area (Å²) in [5, 5.41) is 22.6. The van der Waals surface area contributed by atoms with Crippen molar-refractivity contribution in [3.8, 4) is 6.07 Å². The third-order valence-electron chi connectivity index (χ3n) is 4.00. The van der Waals surface area contributed by atoms with Gasteiger partial charge in [0.1, 0.15) is 6.07 Å². The van der Waals surface area contributed by atoms with Crippen LogP contribution in [0.1, 0.15) is 38.2 Å². The first-order valence-electron chi connectivity index (χ1n) is 6.78. The lowest BCUT2D eigenvalue weighted by Crippen LogP contribution is -2.40. The van der Waals surface area contributed by atoms with Crippen LogP contribution in [0.15, 0.2) is 18.2 Å². The molecule has 1 saturated carbocycles. The highest BCUT2D eigenvalue weighted by atomic mass is 16.3. The van der Waals surface area contributed by atoms with Gasteiger partial charge in [0, 0.05) is 17.9 Å². The van der Waals surface area contributed by atoms with Gasteiger partial charge in [-0.3, -0.25) is 0 Å². The van der Waals surface area contributed by atoms with Gasteiger partial charge in [-0.2, -0.15) is 5.26 Å². The molecule has 19 heavy (non-hydrogen) atoms. The summed E-state index contributed by atoms with van der Waals surface area (Å²) >= 11 is 0. The number of hydrogen-bond acceptors (Lipinski definition) is 4. The molecule has 0 amide bonds. The lowest BCUT2D eigenvalue weighted by Gasteiger charge is -2.35. The van der Waals surface area contributed by atoms with Gasteiger partial charge in [-0.25, -0.2) is 0 Å². The zero-order valence-electron chi connectivity index (χ0n) is 11.3. The van der Waals surface area contributed by atoms with E-state index in [-0.39, 0.29) is 0 Å². The van der Waals surface area contributed by atoms with E-state index < -0.39 is 5.60 Å². The Morgan fingerprint density at radius 3 is 2.79 bits per heavy atom. The van der Waals surface area contributed by atoms with Crippen molar-refractivity contribution in [2.75, 3.05) is 17.6 Å². The summed E-state index contributed by atoms with van der Waals surface area (Å²) in [7, 11) is 0. The van der Waals surface area contributed by atoms with E-state index in [9.17, 15) is 5.11 Å². The SMILES string of the molecule is CC1CCC(O)(CNc2ccc(N)c(C#N)c2)CC1. The van der Waals surface area contributed by atoms with E-state index in [2.05, 4.69) is 18.3 Å². The molecule has 0 spiro atoms. The van der Waals surface area contributed by atoms with Gasteiger partial charge in [-0.05, 0) is 49.8 Å². The summed E-state index contributed by atoms with van der Waals surface area (Å²) in [5.74, 6) is 0.710. The Bertz CT molecular complexity index is 485. The molecule has 1 fully saturated rings. The summed E-state index contributed by atoms with van der Waals surface area (Å²) in [5.41, 5.74) is 6.84. The van der Waals surface area contributed by atoms with Crippen LogP contribution < -0.4 is 11.1 Å². The van der Waals surface area contributed by atoms with Crippen molar-refractivity contribution in [3.05, 3.63) is 23.8 Å². The number of nitrogen functional groups attached to an aromatic ring is 1. The predicted molar refractivity (Wildman–Crippen MR) is 76.6 cm³/mol. The van der Waals surface area contributed by atoms with Gasteiger partial charge in [-0.15, -0.1) is 0 Å². The van der Waals surface area contributed by atoms with Crippen LogP contribution in [0.4, 0.5) is 11.4 Å². The molecule has 0 bridgehead atoms. The van der Waals surface area contributed by atoms with Gasteiger partial charge in [-0.1, -0.05) is 6.92 Å². The number of hydrogen-bond donors (Lipinski definition) is 3. The van der Waals surface area contributed by atoms with Gasteiger partial charge < -0.3 is 16.2 Å². The largest absolute Gasteiger partial charge is 0.398 e. The molecule has 0 aliphatic heterocycles. The minimum absolute atomic E-state index is 0.467. The van der Waals surface area contributed by atoms with Crippen molar-refractivity contribution in [1.82, 2.24) is 0 Å². The maximum Gasteiger partial charge on any atom is 0.101 e. The van der Waals surface area contributed by atoms with E-state index in [1.165, 1.54) is 0 Å². The number of anilines is 2. The topological polar surface area (TPSA) is 82.1 Å². The van der Waals surface area contributed by atoms with Crippen LogP contribution in [0, 0.1) is 17.2 Å². The van der Waals surface area contributed by atoms with Gasteiger partial charge in [0.25, 0.3) is 0 Å². The van der Waals surface area contributed by atoms with Crippen LogP contribution in [0.2, 0.25) is 0 Å². The van der Waals surface area contributed by atoms with Gasteiger partial charge >= 0.3 is 0 Å². The zero-order valence-corrected chi connectivity index (χ0v) is 11.3. The molecule has 0 unspecified atom stereocenters. The van der Waals surface area contributed by atoms with Crippen LogP contribution in [-0.2, 0) is 0 Å². The fourth-order valence-electron chi connectivity index (χ4n) is 2.51. The molecule has 1 aromatic carbocycles. The Labute approximate surface area is 114 Å². The van der Waals surface area contributed by atoms with Gasteiger partial charge in [0.05, 0.1) is 11.2 Å². The predicted octanol–water partition coefficient (Wildman–Crippen LogP) is 2.49. The van der Waals surface area contributed by atoms with Crippen LogP contribution >= 0.6 is 0 Å². The molecule has 2 rings (SSSR count). The molecule has 0 atom stereocenters. The van der Waals surface area contributed by atoms with Crippen molar-refractivity contribution < 1.29 is 5.11 Å². The Hall–Kier alpha value is -1.73. The minimum atomic E-state index is -0.624. The number of nitrogens with two attached hydrogens (primary N) is 1. The van der Waals surface area contributed by atoms with Crippen molar-refractivity contribution in [2.24, 2.45) is 5.92 Å². The van der Waals surface area contributed by atoms with Crippen molar-refractivity contribution in [3.63, 3.8) is 0 Å². The maximum atomic E-state index is 10.5. The fourth-order valence-corrected chi connectivity index (χ4v) is 2.51. The second-order valence-corrected chi connectivity index (χ2v) is 5.67. The Kier molecular flexibility index (Phi) is 3.96. The van der Waals surface area contributed by atoms with Crippen molar-refractivity contribution in [1.29, 1.82) is 5.26 Å². The van der Waals surface area contributed by atoms with Crippen LogP contribution in [0.3, 0.4) is 0 Å². The number of aliphatic hydroxyl groups is 1. The average molecular weight is 259 g/mol. The molecule has 1 aliphatic rings. The Morgan fingerprint density at radius 1 is 1.47 bits per heavy atom. The van der Waals surface area contributed by atoms with E-state index in [1.54, 1.807) is 12.1 Å². The molecule has 0 saturated heterocycles. The summed E-state index contributed by atoms with van der Waals surface area (Å²) < 4.78 is 0. The number of benzene rings is 1. The third-order valence-corrected chi connectivity index (χ3v) is 4.00. The molecule has 102 valence electrons. The highest BCUT2D eigenvalue weighted by Crippen LogP contribution is 2.32. The first kappa shape index (κ1) is 13.7. The standard InChI is InChI=1S/C15H21N3O/c1-11-4-6-15(19,7-5-11)10-18-13-2-3-14(17)12(8-13)9-16/h2-3,8,11,18-19H,4-7,10,17H2,1H3. The first-order chi connectivity index (χ1) is 9.02. The lowest BCUT2D eigenvalue weighted by atomic mass is 9.79. The number of nitrogens with zero attached hydrogens (tertiary/aromatic N) is 1. The fraction of sp³-hybridized carbons (Fsp3) is 0.533. The highest BCUT2D eigenvalue weighted by Gasteiger charge is 2.31. The van der Waals surface area contributed by atoms with Gasteiger partial charge in [0.2, 0.25) is 0 Å². The molecular weight excluding hydrogens is 238 g/mol. The number of rotatable bonds is 3. The first-order valence-corrected chi connectivity index (χ1v) is 6.78. The quantitative estimate of drug-likeness (QED) is 0.728. The minimum Gasteiger partial charge on any atom is -0.398 e. The summed E-state index contributed by atoms with van der Waals surface area (Å²) in [6.45, 7) is 2.75. The van der Waals surface area contributed by atoms with E-state index in [0.717, 1.165) is 31.4 Å². The summed E-state index contributed by atoms with van der Waals surface area (Å²) in [6, 6.07) is 7.34. The lowest BCUT2D eigenvalue weighted by molar-refractivity contribution is 0.00501. The Morgan fingerprint density at radius 2 is 2.16 bits per heavy atom. The smallest absolute Gasteiger partial charge is 0.101 e. The molecule has 0 heterocycles. The molecular formula is C15H21N3O. The maximum absolute atomic E-state index is 10.5. The Balaban J connectivity index is 1.97. The second-order valence-electron chi connectivity index (χ2n) is 5.67. The molecule has 1 aromatic rings. The van der Waals surface area contributed by atoms with Crippen LogP contribution in [-0.4, -0.2) is 17.3 Å². The summed E-state index contributed by atoms with van der Waals surface area (Å²) in [4.78, 5) is 0. The van der Waals surface area contributed by atoms with Crippen molar-refractivity contribution >= 4 is 11.4 Å². The molecule has 4 heteroatoms. The molecule has 4 nitrogen and oxygen atoms in total. The second kappa shape index (κ2) is 5.50. The average Bonchev–Trinajstić information content (AvgIpc) is 2.42. The van der Waals surface area contributed by atoms with E-state index >= 15 is 0 Å². The van der Waals surface area contributed by atoms with Crippen LogP contribution in [0.5, 0.6) is 0 Å². The van der Waals surface area contributed by atoms with E-state index in [4.69, 9.17) is 11.0 Å². The van der Waals surface area contributed by atoms with Crippen molar-refractivity contribution in [2.45, 2.75) is 38.2 Å². The molecule has 1 aliphatic carbocycles.